The lowest BCUT2D eigenvalue weighted by Gasteiger charge is -2.13. The Morgan fingerprint density at radius 2 is 1.89 bits per heavy atom. The topological polar surface area (TPSA) is 104 Å². The average molecular weight is 401 g/mol. The molecule has 0 radical (unpaired) electrons. The molecule has 1 amide bonds. The molecule has 1 N–H and O–H groups in total. The summed E-state index contributed by atoms with van der Waals surface area (Å²) in [6.45, 7) is 0. The molecule has 7 nitrogen and oxygen atoms in total. The number of carboxylic acid groups (broad SMARTS) is 1. The molecule has 9 heteroatoms. The molecule has 0 aliphatic carbocycles. The number of rotatable bonds is 5. The van der Waals surface area contributed by atoms with Gasteiger partial charge in [0.1, 0.15) is 16.5 Å². The number of hydrogen-bond acceptors (Lipinski definition) is 6. The van der Waals surface area contributed by atoms with Gasteiger partial charge in [0.15, 0.2) is 11.6 Å². The monoisotopic (exact) mass is 401 g/mol. The van der Waals surface area contributed by atoms with E-state index in [0.29, 0.717) is 17.0 Å². The van der Waals surface area contributed by atoms with Crippen LogP contribution in [0.4, 0.5) is 14.9 Å². The van der Waals surface area contributed by atoms with Gasteiger partial charge in [0.25, 0.3) is 0 Å². The number of nitrogens with zero attached hydrogens (tertiary/aromatic N) is 3. The van der Waals surface area contributed by atoms with Crippen molar-refractivity contribution in [2.24, 2.45) is 9.98 Å². The van der Waals surface area contributed by atoms with Crippen molar-refractivity contribution in [3.05, 3.63) is 53.3 Å². The molecule has 0 saturated carbocycles. The zero-order valence-corrected chi connectivity index (χ0v) is 16.1. The van der Waals surface area contributed by atoms with Gasteiger partial charge in [-0.2, -0.15) is 10.3 Å². The molecule has 2 rings (SSSR count). The number of halogens is 1. The first-order valence-corrected chi connectivity index (χ1v) is 9.02. The first kappa shape index (κ1) is 20.9. The van der Waals surface area contributed by atoms with Crippen molar-refractivity contribution >= 4 is 34.3 Å². The van der Waals surface area contributed by atoms with Crippen molar-refractivity contribution in [3.63, 3.8) is 0 Å². The summed E-state index contributed by atoms with van der Waals surface area (Å²) in [4.78, 5) is 19.0. The molecule has 0 saturated heterocycles. The molecular formula is C19H16FN3O4S. The summed E-state index contributed by atoms with van der Waals surface area (Å²) >= 11 is 1.00. The predicted molar refractivity (Wildman–Crippen MR) is 106 cm³/mol. The molecule has 0 aliphatic rings. The molecule has 2 aromatic rings. The fourth-order valence-electron chi connectivity index (χ4n) is 2.26. The standard InChI is InChI=1S/C19H16FN3O4S/c1-26-13-8-14(16(20)15(9-13)27-2)17(18(28-3)23-19(24)25)22-12-6-4-11(10-21)5-7-12/h4-9H,1-3H3,(H,24,25). The molecule has 0 unspecified atom stereocenters. The highest BCUT2D eigenvalue weighted by atomic mass is 32.2. The molecule has 0 aliphatic heterocycles. The summed E-state index contributed by atoms with van der Waals surface area (Å²) in [6.07, 6.45) is 0.165. The highest BCUT2D eigenvalue weighted by molar-refractivity contribution is 8.15. The highest BCUT2D eigenvalue weighted by Gasteiger charge is 2.22. The molecule has 2 aromatic carbocycles. The fourth-order valence-corrected chi connectivity index (χ4v) is 2.77. The second-order valence-electron chi connectivity index (χ2n) is 5.21. The van der Waals surface area contributed by atoms with Gasteiger partial charge in [0.2, 0.25) is 0 Å². The van der Waals surface area contributed by atoms with Gasteiger partial charge >= 0.3 is 6.09 Å². The van der Waals surface area contributed by atoms with E-state index in [1.165, 1.54) is 26.4 Å². The van der Waals surface area contributed by atoms with Crippen LogP contribution in [0.2, 0.25) is 0 Å². The summed E-state index contributed by atoms with van der Waals surface area (Å²) in [7, 11) is 2.72. The first-order chi connectivity index (χ1) is 13.4. The Balaban J connectivity index is 2.76. The Bertz CT molecular complexity index is 982. The van der Waals surface area contributed by atoms with E-state index in [-0.39, 0.29) is 22.1 Å². The fraction of sp³-hybridized carbons (Fsp3) is 0.158. The third-order valence-corrected chi connectivity index (χ3v) is 4.23. The van der Waals surface area contributed by atoms with Crippen molar-refractivity contribution in [1.29, 1.82) is 5.26 Å². The van der Waals surface area contributed by atoms with Gasteiger partial charge in [-0.3, -0.25) is 0 Å². The summed E-state index contributed by atoms with van der Waals surface area (Å²) in [5, 5.41) is 18.0. The number of amides is 1. The highest BCUT2D eigenvalue weighted by Crippen LogP contribution is 2.30. The Hall–Kier alpha value is -3.38. The second kappa shape index (κ2) is 9.53. The lowest BCUT2D eigenvalue weighted by atomic mass is 10.1. The molecule has 144 valence electrons. The quantitative estimate of drug-likeness (QED) is 0.592. The minimum absolute atomic E-state index is 0.00527. The maximum Gasteiger partial charge on any atom is 0.432 e. The molecule has 0 fully saturated rings. The largest absolute Gasteiger partial charge is 0.497 e. The van der Waals surface area contributed by atoms with Crippen LogP contribution in [-0.4, -0.2) is 42.4 Å². The molecular weight excluding hydrogens is 385 g/mol. The van der Waals surface area contributed by atoms with Gasteiger partial charge in [-0.1, -0.05) is 0 Å². The van der Waals surface area contributed by atoms with Crippen LogP contribution in [0.5, 0.6) is 11.5 Å². The molecule has 0 atom stereocenters. The Labute approximate surface area is 165 Å². The number of hydrogen-bond donors (Lipinski definition) is 1. The number of methoxy groups -OCH3 is 2. The zero-order chi connectivity index (χ0) is 20.7. The van der Waals surface area contributed by atoms with Gasteiger partial charge in [-0.15, -0.1) is 11.8 Å². The minimum atomic E-state index is -1.44. The van der Waals surface area contributed by atoms with E-state index >= 15 is 0 Å². The first-order valence-electron chi connectivity index (χ1n) is 7.80. The molecule has 28 heavy (non-hydrogen) atoms. The van der Waals surface area contributed by atoms with Crippen molar-refractivity contribution < 1.29 is 23.8 Å². The maximum absolute atomic E-state index is 15.0. The number of ether oxygens (including phenoxy) is 2. The predicted octanol–water partition coefficient (Wildman–Crippen LogP) is 4.27. The summed E-state index contributed by atoms with van der Waals surface area (Å²) in [5.41, 5.74) is 0.783. The number of thioether (sulfide) groups is 1. The Morgan fingerprint density at radius 1 is 1.21 bits per heavy atom. The van der Waals surface area contributed by atoms with E-state index < -0.39 is 11.9 Å². The lowest BCUT2D eigenvalue weighted by Crippen LogP contribution is -2.16. The Morgan fingerprint density at radius 3 is 2.39 bits per heavy atom. The SMILES string of the molecule is COc1cc(OC)c(F)c(C(=Nc2ccc(C#N)cc2)C(=NC(=O)O)SC)c1. The summed E-state index contributed by atoms with van der Waals surface area (Å²) < 4.78 is 25.2. The van der Waals surface area contributed by atoms with Crippen molar-refractivity contribution in [2.75, 3.05) is 20.5 Å². The van der Waals surface area contributed by atoms with Crippen molar-refractivity contribution in [1.82, 2.24) is 0 Å². The molecule has 0 spiro atoms. The van der Waals surface area contributed by atoms with Gasteiger partial charge in [0, 0.05) is 11.6 Å². The van der Waals surface area contributed by atoms with E-state index in [1.54, 1.807) is 30.5 Å². The van der Waals surface area contributed by atoms with Crippen LogP contribution in [0.15, 0.2) is 46.4 Å². The van der Waals surface area contributed by atoms with Crippen molar-refractivity contribution in [2.45, 2.75) is 0 Å². The third kappa shape index (κ3) is 4.86. The van der Waals surface area contributed by atoms with E-state index in [1.807, 2.05) is 6.07 Å². The van der Waals surface area contributed by atoms with E-state index in [4.69, 9.17) is 19.8 Å². The normalized spacial score (nSPS) is 11.7. The molecule has 0 heterocycles. The summed E-state index contributed by atoms with van der Waals surface area (Å²) in [6, 6.07) is 11.0. The van der Waals surface area contributed by atoms with Gasteiger partial charge in [-0.25, -0.2) is 14.2 Å². The van der Waals surface area contributed by atoms with E-state index in [9.17, 15) is 9.18 Å². The second-order valence-corrected chi connectivity index (χ2v) is 6.01. The number of nitriles is 1. The molecule has 0 aromatic heterocycles. The van der Waals surface area contributed by atoms with E-state index in [0.717, 1.165) is 11.8 Å². The average Bonchev–Trinajstić information content (AvgIpc) is 2.71. The zero-order valence-electron chi connectivity index (χ0n) is 15.3. The van der Waals surface area contributed by atoms with Gasteiger partial charge < -0.3 is 14.6 Å². The van der Waals surface area contributed by atoms with Gasteiger partial charge in [-0.05, 0) is 36.6 Å². The number of aliphatic imine (C=N–C) groups is 2. The smallest absolute Gasteiger partial charge is 0.432 e. The van der Waals surface area contributed by atoms with Crippen molar-refractivity contribution in [3.8, 4) is 17.6 Å². The van der Waals surface area contributed by atoms with Crippen LogP contribution in [0, 0.1) is 17.1 Å². The van der Waals surface area contributed by atoms with Crippen LogP contribution >= 0.6 is 11.8 Å². The van der Waals surface area contributed by atoms with Crippen LogP contribution in [0.25, 0.3) is 0 Å². The van der Waals surface area contributed by atoms with Crippen LogP contribution in [0.1, 0.15) is 11.1 Å². The lowest BCUT2D eigenvalue weighted by molar-refractivity contribution is 0.206. The third-order valence-electron chi connectivity index (χ3n) is 3.55. The van der Waals surface area contributed by atoms with E-state index in [2.05, 4.69) is 9.98 Å². The Kier molecular flexibility index (Phi) is 7.12. The van der Waals surface area contributed by atoms with Crippen LogP contribution in [-0.2, 0) is 0 Å². The van der Waals surface area contributed by atoms with Crippen LogP contribution < -0.4 is 9.47 Å². The number of carbonyl (C=O) groups is 1. The van der Waals surface area contributed by atoms with Crippen LogP contribution in [0.3, 0.4) is 0 Å². The van der Waals surface area contributed by atoms with Gasteiger partial charge in [0.05, 0.1) is 31.5 Å². The summed E-state index contributed by atoms with van der Waals surface area (Å²) in [5.74, 6) is -0.517. The molecule has 0 bridgehead atoms. The minimum Gasteiger partial charge on any atom is -0.497 e. The number of benzene rings is 2. The maximum atomic E-state index is 15.0.